The first-order chi connectivity index (χ1) is 12.7. The number of esters is 1. The van der Waals surface area contributed by atoms with E-state index in [0.717, 1.165) is 11.1 Å². The second-order valence-corrected chi connectivity index (χ2v) is 6.11. The molecule has 1 N–H and O–H groups in total. The highest BCUT2D eigenvalue weighted by molar-refractivity contribution is 5.71. The van der Waals surface area contributed by atoms with Crippen LogP contribution in [0.5, 0.6) is 0 Å². The van der Waals surface area contributed by atoms with Gasteiger partial charge in [-0.15, -0.1) is 0 Å². The molecule has 0 aliphatic rings. The largest absolute Gasteiger partial charge is 0.465 e. The van der Waals surface area contributed by atoms with Crippen molar-refractivity contribution in [2.24, 2.45) is 0 Å². The van der Waals surface area contributed by atoms with Crippen molar-refractivity contribution < 1.29 is 19.4 Å². The van der Waals surface area contributed by atoms with Crippen molar-refractivity contribution in [3.05, 3.63) is 71.8 Å². The van der Waals surface area contributed by atoms with E-state index >= 15 is 0 Å². The Kier molecular flexibility index (Phi) is 8.83. The maximum atomic E-state index is 11.8. The van der Waals surface area contributed by atoms with Gasteiger partial charge < -0.3 is 14.6 Å². The average molecular weight is 357 g/mol. The molecule has 5 heteroatoms. The summed E-state index contributed by atoms with van der Waals surface area (Å²) >= 11 is 0. The maximum absolute atomic E-state index is 11.8. The molecule has 26 heavy (non-hydrogen) atoms. The van der Waals surface area contributed by atoms with Gasteiger partial charge in [-0.1, -0.05) is 60.7 Å². The third kappa shape index (κ3) is 7.78. The number of carbonyl (C=O) groups excluding carboxylic acids is 1. The molecule has 1 unspecified atom stereocenters. The van der Waals surface area contributed by atoms with Crippen molar-refractivity contribution >= 4 is 5.97 Å². The minimum absolute atomic E-state index is 0.137. The zero-order valence-electron chi connectivity index (χ0n) is 15.2. The van der Waals surface area contributed by atoms with Crippen molar-refractivity contribution in [2.75, 3.05) is 26.3 Å². The molecule has 2 aromatic rings. The molecule has 5 nitrogen and oxygen atoms in total. The van der Waals surface area contributed by atoms with Gasteiger partial charge in [-0.3, -0.25) is 9.69 Å². The summed E-state index contributed by atoms with van der Waals surface area (Å²) in [4.78, 5) is 13.7. The number of benzene rings is 2. The molecule has 0 aliphatic carbocycles. The summed E-state index contributed by atoms with van der Waals surface area (Å²) in [5, 5.41) is 10.3. The van der Waals surface area contributed by atoms with Crippen LogP contribution in [-0.2, 0) is 27.4 Å². The third-order valence-electron chi connectivity index (χ3n) is 3.80. The summed E-state index contributed by atoms with van der Waals surface area (Å²) in [7, 11) is 0. The molecule has 0 amide bonds. The zero-order chi connectivity index (χ0) is 18.6. The number of aliphatic hydroxyl groups is 1. The Balaban J connectivity index is 1.84. The molecule has 140 valence electrons. The summed E-state index contributed by atoms with van der Waals surface area (Å²) in [5.74, 6) is -0.291. The molecular formula is C21H27NO4. The fourth-order valence-corrected chi connectivity index (χ4v) is 2.65. The van der Waals surface area contributed by atoms with Crippen LogP contribution >= 0.6 is 0 Å². The second-order valence-electron chi connectivity index (χ2n) is 6.11. The van der Waals surface area contributed by atoms with Gasteiger partial charge in [-0.2, -0.15) is 0 Å². The number of hydrogen-bond acceptors (Lipinski definition) is 5. The van der Waals surface area contributed by atoms with E-state index in [1.54, 1.807) is 6.92 Å². The van der Waals surface area contributed by atoms with Crippen molar-refractivity contribution in [1.29, 1.82) is 0 Å². The van der Waals surface area contributed by atoms with Crippen LogP contribution in [0.4, 0.5) is 0 Å². The Morgan fingerprint density at radius 1 is 1.04 bits per heavy atom. The van der Waals surface area contributed by atoms with Gasteiger partial charge in [0.05, 0.1) is 32.5 Å². The SMILES string of the molecule is CCOC(=O)CN(Cc1ccccc1)CC(O)COCc1ccccc1. The highest BCUT2D eigenvalue weighted by atomic mass is 16.5. The van der Waals surface area contributed by atoms with Crippen LogP contribution in [0.2, 0.25) is 0 Å². The van der Waals surface area contributed by atoms with Gasteiger partial charge in [0, 0.05) is 13.1 Å². The topological polar surface area (TPSA) is 59.0 Å². The fourth-order valence-electron chi connectivity index (χ4n) is 2.65. The van der Waals surface area contributed by atoms with Gasteiger partial charge in [-0.25, -0.2) is 0 Å². The van der Waals surface area contributed by atoms with Gasteiger partial charge in [0.2, 0.25) is 0 Å². The fraction of sp³-hybridized carbons (Fsp3) is 0.381. The van der Waals surface area contributed by atoms with Gasteiger partial charge in [0.1, 0.15) is 0 Å². The van der Waals surface area contributed by atoms with Crippen LogP contribution in [-0.4, -0.2) is 48.4 Å². The van der Waals surface area contributed by atoms with Crippen LogP contribution in [0.1, 0.15) is 18.1 Å². The molecule has 0 aliphatic heterocycles. The molecule has 0 saturated carbocycles. The monoisotopic (exact) mass is 357 g/mol. The van der Waals surface area contributed by atoms with Crippen molar-refractivity contribution in [3.63, 3.8) is 0 Å². The maximum Gasteiger partial charge on any atom is 0.320 e. The molecule has 0 heterocycles. The van der Waals surface area contributed by atoms with Crippen LogP contribution in [0.3, 0.4) is 0 Å². The minimum atomic E-state index is -0.683. The number of aliphatic hydroxyl groups excluding tert-OH is 1. The predicted molar refractivity (Wildman–Crippen MR) is 100 cm³/mol. The Labute approximate surface area is 155 Å². The Morgan fingerprint density at radius 3 is 2.27 bits per heavy atom. The summed E-state index contributed by atoms with van der Waals surface area (Å²) in [5.41, 5.74) is 2.14. The van der Waals surface area contributed by atoms with Crippen LogP contribution in [0.15, 0.2) is 60.7 Å². The van der Waals surface area contributed by atoms with Crippen LogP contribution in [0.25, 0.3) is 0 Å². The van der Waals surface area contributed by atoms with Crippen LogP contribution < -0.4 is 0 Å². The first-order valence-electron chi connectivity index (χ1n) is 8.89. The van der Waals surface area contributed by atoms with Gasteiger partial charge in [0.15, 0.2) is 0 Å². The van der Waals surface area contributed by atoms with Gasteiger partial charge in [-0.05, 0) is 18.1 Å². The summed E-state index contributed by atoms with van der Waals surface area (Å²) < 4.78 is 10.6. The summed E-state index contributed by atoms with van der Waals surface area (Å²) in [6.45, 7) is 3.83. The van der Waals surface area contributed by atoms with E-state index in [1.807, 2.05) is 65.6 Å². The van der Waals surface area contributed by atoms with E-state index in [4.69, 9.17) is 9.47 Å². The van der Waals surface area contributed by atoms with E-state index in [2.05, 4.69) is 0 Å². The van der Waals surface area contributed by atoms with E-state index < -0.39 is 6.10 Å². The molecule has 0 fully saturated rings. The Hall–Kier alpha value is -2.21. The zero-order valence-corrected chi connectivity index (χ0v) is 15.2. The third-order valence-corrected chi connectivity index (χ3v) is 3.80. The number of ether oxygens (including phenoxy) is 2. The van der Waals surface area contributed by atoms with Crippen molar-refractivity contribution in [1.82, 2.24) is 4.90 Å². The number of nitrogens with zero attached hydrogens (tertiary/aromatic N) is 1. The quantitative estimate of drug-likeness (QED) is 0.627. The Morgan fingerprint density at radius 2 is 1.65 bits per heavy atom. The molecule has 2 aromatic carbocycles. The first-order valence-corrected chi connectivity index (χ1v) is 8.89. The normalized spacial score (nSPS) is 12.1. The van der Waals surface area contributed by atoms with E-state index in [9.17, 15) is 9.90 Å². The lowest BCUT2D eigenvalue weighted by Crippen LogP contribution is -2.38. The molecule has 0 aromatic heterocycles. The second kappa shape index (κ2) is 11.4. The van der Waals surface area contributed by atoms with Gasteiger partial charge in [0.25, 0.3) is 0 Å². The lowest BCUT2D eigenvalue weighted by Gasteiger charge is -2.24. The van der Waals surface area contributed by atoms with Crippen LogP contribution in [0, 0.1) is 0 Å². The molecule has 0 saturated heterocycles. The smallest absolute Gasteiger partial charge is 0.320 e. The van der Waals surface area contributed by atoms with Crippen molar-refractivity contribution in [2.45, 2.75) is 26.2 Å². The molecule has 1 atom stereocenters. The van der Waals surface area contributed by atoms with E-state index in [0.29, 0.717) is 26.3 Å². The lowest BCUT2D eigenvalue weighted by molar-refractivity contribution is -0.145. The number of hydrogen-bond donors (Lipinski definition) is 1. The molecular weight excluding hydrogens is 330 g/mol. The molecule has 0 spiro atoms. The number of carbonyl (C=O) groups is 1. The lowest BCUT2D eigenvalue weighted by atomic mass is 10.2. The highest BCUT2D eigenvalue weighted by Crippen LogP contribution is 2.07. The van der Waals surface area contributed by atoms with Gasteiger partial charge >= 0.3 is 5.97 Å². The molecule has 0 radical (unpaired) electrons. The standard InChI is InChI=1S/C21H27NO4/c1-2-26-21(24)15-22(13-18-9-5-3-6-10-18)14-20(23)17-25-16-19-11-7-4-8-12-19/h3-12,20,23H,2,13-17H2,1H3. The predicted octanol–water partition coefficient (Wildman–Crippen LogP) is 2.63. The Bertz CT molecular complexity index is 633. The molecule has 2 rings (SSSR count). The minimum Gasteiger partial charge on any atom is -0.465 e. The number of rotatable bonds is 11. The first kappa shape index (κ1) is 20.1. The van der Waals surface area contributed by atoms with E-state index in [-0.39, 0.29) is 19.1 Å². The molecule has 0 bridgehead atoms. The summed E-state index contributed by atoms with van der Waals surface area (Å²) in [6, 6.07) is 19.7. The highest BCUT2D eigenvalue weighted by Gasteiger charge is 2.16. The average Bonchev–Trinajstić information content (AvgIpc) is 2.63. The summed E-state index contributed by atoms with van der Waals surface area (Å²) in [6.07, 6.45) is -0.683. The van der Waals surface area contributed by atoms with Crippen molar-refractivity contribution in [3.8, 4) is 0 Å². The van der Waals surface area contributed by atoms with E-state index in [1.165, 1.54) is 0 Å².